The lowest BCUT2D eigenvalue weighted by Crippen LogP contribution is -2.58. The van der Waals surface area contributed by atoms with Gasteiger partial charge in [-0.05, 0) is 74.2 Å². The van der Waals surface area contributed by atoms with Crippen molar-refractivity contribution in [1.29, 1.82) is 0 Å². The van der Waals surface area contributed by atoms with Crippen LogP contribution in [0.1, 0.15) is 73.1 Å². The molecule has 0 spiro atoms. The molecule has 126 valence electrons. The highest BCUT2D eigenvalue weighted by molar-refractivity contribution is 5.14. The second-order valence-electron chi connectivity index (χ2n) is 9.35. The first-order chi connectivity index (χ1) is 10.2. The molecule has 5 atom stereocenters. The Hall–Kier alpha value is -0.340. The number of rotatable bonds is 2. The Kier molecular flexibility index (Phi) is 4.01. The second-order valence-corrected chi connectivity index (χ2v) is 9.35. The normalized spacial score (nSPS) is 47.9. The minimum Gasteiger partial charge on any atom is -0.390 e. The van der Waals surface area contributed by atoms with Crippen LogP contribution in [0.3, 0.4) is 0 Å². The van der Waals surface area contributed by atoms with Crippen molar-refractivity contribution in [3.05, 3.63) is 11.6 Å². The van der Waals surface area contributed by atoms with Gasteiger partial charge in [0, 0.05) is 0 Å². The van der Waals surface area contributed by atoms with Crippen LogP contribution in [-0.2, 0) is 4.74 Å². The molecular weight excluding hydrogens is 272 g/mol. The van der Waals surface area contributed by atoms with Crippen molar-refractivity contribution in [2.24, 2.45) is 22.7 Å². The predicted octanol–water partition coefficient (Wildman–Crippen LogP) is 4.72. The third-order valence-electron chi connectivity index (χ3n) is 7.42. The molecule has 2 aliphatic carbocycles. The first-order valence-electron chi connectivity index (χ1n) is 9.17. The van der Waals surface area contributed by atoms with Crippen LogP contribution in [0, 0.1) is 22.7 Å². The number of ether oxygens (including phenoxy) is 1. The molecule has 2 nitrogen and oxygen atoms in total. The van der Waals surface area contributed by atoms with Crippen molar-refractivity contribution in [3.8, 4) is 0 Å². The van der Waals surface area contributed by atoms with Crippen LogP contribution in [0.2, 0.25) is 0 Å². The van der Waals surface area contributed by atoms with Crippen molar-refractivity contribution >= 4 is 0 Å². The molecule has 0 aromatic carbocycles. The van der Waals surface area contributed by atoms with Gasteiger partial charge < -0.3 is 9.84 Å². The molecule has 3 aliphatic rings. The minimum atomic E-state index is -0.551. The van der Waals surface area contributed by atoms with Crippen LogP contribution in [0.5, 0.6) is 0 Å². The van der Waals surface area contributed by atoms with Gasteiger partial charge in [0.2, 0.25) is 0 Å². The fraction of sp³-hybridized carbons (Fsp3) is 0.900. The van der Waals surface area contributed by atoms with E-state index in [1.54, 1.807) is 0 Å². The summed E-state index contributed by atoms with van der Waals surface area (Å²) in [7, 11) is 0. The fourth-order valence-electron chi connectivity index (χ4n) is 6.17. The van der Waals surface area contributed by atoms with Gasteiger partial charge in [-0.3, -0.25) is 0 Å². The molecule has 22 heavy (non-hydrogen) atoms. The van der Waals surface area contributed by atoms with Crippen LogP contribution in [0.4, 0.5) is 0 Å². The van der Waals surface area contributed by atoms with E-state index in [0.29, 0.717) is 11.3 Å². The SMILES string of the molecule is CC1=CCO[C@H]1C[C@@H]1[C@@]2(C)CCCC(C)(C)[C@@H]2CC[C@@]1(C)O. The van der Waals surface area contributed by atoms with Crippen LogP contribution in [0.25, 0.3) is 0 Å². The maximum absolute atomic E-state index is 11.2. The van der Waals surface area contributed by atoms with E-state index in [4.69, 9.17) is 4.74 Å². The first kappa shape index (κ1) is 16.5. The van der Waals surface area contributed by atoms with Crippen molar-refractivity contribution in [3.63, 3.8) is 0 Å². The van der Waals surface area contributed by atoms with E-state index >= 15 is 0 Å². The van der Waals surface area contributed by atoms with Crippen molar-refractivity contribution in [2.45, 2.75) is 84.8 Å². The highest BCUT2D eigenvalue weighted by atomic mass is 16.5. The van der Waals surface area contributed by atoms with E-state index in [9.17, 15) is 5.11 Å². The summed E-state index contributed by atoms with van der Waals surface area (Å²) in [6.07, 6.45) is 9.41. The number of hydrogen-bond acceptors (Lipinski definition) is 2. The van der Waals surface area contributed by atoms with Gasteiger partial charge in [0.25, 0.3) is 0 Å². The van der Waals surface area contributed by atoms with E-state index in [1.807, 2.05) is 0 Å². The molecule has 0 saturated heterocycles. The van der Waals surface area contributed by atoms with E-state index in [2.05, 4.69) is 40.7 Å². The Morgan fingerprint density at radius 2 is 1.91 bits per heavy atom. The molecule has 1 aliphatic heterocycles. The summed E-state index contributed by atoms with van der Waals surface area (Å²) < 4.78 is 5.93. The summed E-state index contributed by atoms with van der Waals surface area (Å²) in [5.74, 6) is 1.06. The van der Waals surface area contributed by atoms with Crippen LogP contribution >= 0.6 is 0 Å². The Morgan fingerprint density at radius 1 is 1.18 bits per heavy atom. The summed E-state index contributed by atoms with van der Waals surface area (Å²) >= 11 is 0. The highest BCUT2D eigenvalue weighted by Gasteiger charge is 2.58. The number of hydrogen-bond donors (Lipinski definition) is 1. The zero-order valence-corrected chi connectivity index (χ0v) is 15.1. The number of aliphatic hydroxyl groups is 1. The zero-order valence-electron chi connectivity index (χ0n) is 15.1. The lowest BCUT2D eigenvalue weighted by Gasteiger charge is -2.61. The topological polar surface area (TPSA) is 29.5 Å². The van der Waals surface area contributed by atoms with Gasteiger partial charge in [-0.1, -0.05) is 33.3 Å². The van der Waals surface area contributed by atoms with Gasteiger partial charge in [0.15, 0.2) is 0 Å². The van der Waals surface area contributed by atoms with Crippen molar-refractivity contribution in [2.75, 3.05) is 6.61 Å². The van der Waals surface area contributed by atoms with E-state index in [1.165, 1.54) is 31.3 Å². The summed E-state index contributed by atoms with van der Waals surface area (Å²) in [6.45, 7) is 12.4. The van der Waals surface area contributed by atoms with Gasteiger partial charge in [-0.2, -0.15) is 0 Å². The van der Waals surface area contributed by atoms with E-state index in [0.717, 1.165) is 25.4 Å². The van der Waals surface area contributed by atoms with Crippen LogP contribution in [-0.4, -0.2) is 23.4 Å². The maximum atomic E-state index is 11.2. The molecule has 2 fully saturated rings. The lowest BCUT2D eigenvalue weighted by molar-refractivity contribution is -0.175. The Morgan fingerprint density at radius 3 is 2.55 bits per heavy atom. The Labute approximate surface area is 136 Å². The molecular formula is C20H34O2. The standard InChI is InChI=1S/C20H34O2/c1-14-8-12-22-15(14)13-17-19(4)10-6-9-18(2,3)16(19)7-11-20(17,5)21/h8,15-17,21H,6-7,9-13H2,1-5H3/t15-,16-,17+,19-,20+/m0/s1. The zero-order chi connectivity index (χ0) is 16.2. The molecule has 0 aromatic rings. The summed E-state index contributed by atoms with van der Waals surface area (Å²) in [6, 6.07) is 0. The first-order valence-corrected chi connectivity index (χ1v) is 9.17. The van der Waals surface area contributed by atoms with E-state index < -0.39 is 5.60 Å². The largest absolute Gasteiger partial charge is 0.390 e. The van der Waals surface area contributed by atoms with Crippen LogP contribution < -0.4 is 0 Å². The summed E-state index contributed by atoms with van der Waals surface area (Å²) in [4.78, 5) is 0. The Balaban J connectivity index is 1.91. The van der Waals surface area contributed by atoms with Crippen molar-refractivity contribution in [1.82, 2.24) is 0 Å². The van der Waals surface area contributed by atoms with Gasteiger partial charge >= 0.3 is 0 Å². The van der Waals surface area contributed by atoms with E-state index in [-0.39, 0.29) is 11.5 Å². The molecule has 0 aromatic heterocycles. The second kappa shape index (κ2) is 5.34. The maximum Gasteiger partial charge on any atom is 0.0791 e. The fourth-order valence-corrected chi connectivity index (χ4v) is 6.17. The predicted molar refractivity (Wildman–Crippen MR) is 90.7 cm³/mol. The van der Waals surface area contributed by atoms with Gasteiger partial charge in [0.1, 0.15) is 0 Å². The molecule has 3 rings (SSSR count). The summed E-state index contributed by atoms with van der Waals surface area (Å²) in [5.41, 5.74) is 1.46. The molecule has 2 saturated carbocycles. The molecule has 0 radical (unpaired) electrons. The van der Waals surface area contributed by atoms with Crippen LogP contribution in [0.15, 0.2) is 11.6 Å². The highest BCUT2D eigenvalue weighted by Crippen LogP contribution is 2.63. The summed E-state index contributed by atoms with van der Waals surface area (Å²) in [5, 5.41) is 11.2. The lowest BCUT2D eigenvalue weighted by atomic mass is 9.45. The number of fused-ring (bicyclic) bond motifs is 1. The van der Waals surface area contributed by atoms with Crippen molar-refractivity contribution < 1.29 is 9.84 Å². The smallest absolute Gasteiger partial charge is 0.0791 e. The quantitative estimate of drug-likeness (QED) is 0.748. The molecule has 1 heterocycles. The average Bonchev–Trinajstić information content (AvgIpc) is 2.78. The minimum absolute atomic E-state index is 0.220. The molecule has 0 bridgehead atoms. The molecule has 0 unspecified atom stereocenters. The van der Waals surface area contributed by atoms with Gasteiger partial charge in [-0.25, -0.2) is 0 Å². The third-order valence-corrected chi connectivity index (χ3v) is 7.42. The average molecular weight is 306 g/mol. The molecule has 0 amide bonds. The Bertz CT molecular complexity index is 462. The van der Waals surface area contributed by atoms with Gasteiger partial charge in [0.05, 0.1) is 18.3 Å². The molecule has 2 heteroatoms. The van der Waals surface area contributed by atoms with Gasteiger partial charge in [-0.15, -0.1) is 0 Å². The third kappa shape index (κ3) is 2.57. The molecule has 1 N–H and O–H groups in total. The monoisotopic (exact) mass is 306 g/mol.